The maximum Gasteiger partial charge on any atom is 0.0705 e. The summed E-state index contributed by atoms with van der Waals surface area (Å²) in [5, 5.41) is 10.4. The first-order chi connectivity index (χ1) is 7.61. The summed E-state index contributed by atoms with van der Waals surface area (Å²) < 4.78 is 0. The Labute approximate surface area is 97.7 Å². The predicted octanol–water partition coefficient (Wildman–Crippen LogP) is 2.74. The molecule has 2 atom stereocenters. The lowest BCUT2D eigenvalue weighted by Gasteiger charge is -2.22. The van der Waals surface area contributed by atoms with Crippen LogP contribution in [0.1, 0.15) is 44.4 Å². The second kappa shape index (κ2) is 4.54. The van der Waals surface area contributed by atoms with Crippen LogP contribution in [0.25, 0.3) is 0 Å². The summed E-state index contributed by atoms with van der Waals surface area (Å²) in [5.41, 5.74) is 1.78. The van der Waals surface area contributed by atoms with Crippen LogP contribution in [0.5, 0.6) is 0 Å². The Morgan fingerprint density at radius 2 is 2.31 bits per heavy atom. The van der Waals surface area contributed by atoms with Crippen LogP contribution in [0.3, 0.4) is 0 Å². The molecule has 0 spiro atoms. The molecule has 0 saturated heterocycles. The molecule has 1 aromatic heterocycles. The minimum absolute atomic E-state index is 0.500. The maximum absolute atomic E-state index is 10.4. The molecular weight excluding hydrogens is 198 g/mol. The molecule has 0 radical (unpaired) electrons. The van der Waals surface area contributed by atoms with Gasteiger partial charge in [0.25, 0.3) is 0 Å². The van der Waals surface area contributed by atoms with E-state index in [2.05, 4.69) is 31.0 Å². The topological polar surface area (TPSA) is 33.1 Å². The zero-order valence-electron chi connectivity index (χ0n) is 10.2. The second-order valence-corrected chi connectivity index (χ2v) is 5.26. The van der Waals surface area contributed by atoms with Gasteiger partial charge in [0.1, 0.15) is 0 Å². The van der Waals surface area contributed by atoms with Crippen LogP contribution in [-0.4, -0.2) is 15.7 Å². The van der Waals surface area contributed by atoms with E-state index in [1.807, 2.05) is 6.20 Å². The zero-order chi connectivity index (χ0) is 11.6. The molecule has 1 aliphatic rings. The van der Waals surface area contributed by atoms with Crippen molar-refractivity contribution in [2.75, 3.05) is 0 Å². The van der Waals surface area contributed by atoms with Gasteiger partial charge in [0.05, 0.1) is 5.60 Å². The summed E-state index contributed by atoms with van der Waals surface area (Å²) in [6.07, 6.45) is 6.64. The summed E-state index contributed by atoms with van der Waals surface area (Å²) >= 11 is 0. The van der Waals surface area contributed by atoms with Gasteiger partial charge in [0, 0.05) is 18.3 Å². The fourth-order valence-corrected chi connectivity index (χ4v) is 2.63. The molecule has 1 heterocycles. The number of hydrogen-bond donors (Lipinski definition) is 1. The monoisotopic (exact) mass is 219 g/mol. The van der Waals surface area contributed by atoms with Gasteiger partial charge in [0.15, 0.2) is 0 Å². The van der Waals surface area contributed by atoms with Crippen LogP contribution < -0.4 is 0 Å². The third kappa shape index (κ3) is 2.62. The first-order valence-electron chi connectivity index (χ1n) is 6.27. The van der Waals surface area contributed by atoms with Crippen molar-refractivity contribution in [2.45, 2.75) is 51.6 Å². The quantitative estimate of drug-likeness (QED) is 0.848. The lowest BCUT2D eigenvalue weighted by Crippen LogP contribution is -2.28. The Hall–Kier alpha value is -0.890. The number of pyridine rings is 1. The molecule has 1 aliphatic carbocycles. The first kappa shape index (κ1) is 11.6. The third-order valence-electron chi connectivity index (χ3n) is 3.64. The van der Waals surface area contributed by atoms with E-state index in [9.17, 15) is 5.11 Å². The van der Waals surface area contributed by atoms with Gasteiger partial charge < -0.3 is 5.11 Å². The molecule has 2 unspecified atom stereocenters. The van der Waals surface area contributed by atoms with E-state index in [4.69, 9.17) is 0 Å². The number of aromatic nitrogens is 1. The highest BCUT2D eigenvalue weighted by molar-refractivity contribution is 5.15. The number of aryl methyl sites for hydroxylation is 1. The summed E-state index contributed by atoms with van der Waals surface area (Å²) in [6.45, 7) is 4.34. The van der Waals surface area contributed by atoms with Crippen molar-refractivity contribution in [3.05, 3.63) is 29.6 Å². The standard InChI is InChI=1S/C14H21NO/c1-3-12-4-5-13(15-10-12)9-14(16)7-6-11(2)8-14/h4-5,10-11,16H,3,6-9H2,1-2H3. The molecule has 2 nitrogen and oxygen atoms in total. The van der Waals surface area contributed by atoms with Crippen LogP contribution in [-0.2, 0) is 12.8 Å². The molecule has 2 rings (SSSR count). The SMILES string of the molecule is CCc1ccc(CC2(O)CCC(C)C2)nc1. The van der Waals surface area contributed by atoms with E-state index in [0.29, 0.717) is 12.3 Å². The van der Waals surface area contributed by atoms with Gasteiger partial charge in [-0.1, -0.05) is 19.9 Å². The van der Waals surface area contributed by atoms with Crippen LogP contribution in [0, 0.1) is 5.92 Å². The van der Waals surface area contributed by atoms with Crippen LogP contribution in [0.2, 0.25) is 0 Å². The van der Waals surface area contributed by atoms with Gasteiger partial charge in [-0.15, -0.1) is 0 Å². The molecule has 1 N–H and O–H groups in total. The first-order valence-corrected chi connectivity index (χ1v) is 6.27. The highest BCUT2D eigenvalue weighted by Crippen LogP contribution is 2.36. The largest absolute Gasteiger partial charge is 0.389 e. The van der Waals surface area contributed by atoms with E-state index >= 15 is 0 Å². The van der Waals surface area contributed by atoms with Crippen LogP contribution in [0.15, 0.2) is 18.3 Å². The maximum atomic E-state index is 10.4. The van der Waals surface area contributed by atoms with E-state index in [0.717, 1.165) is 31.4 Å². The third-order valence-corrected chi connectivity index (χ3v) is 3.64. The van der Waals surface area contributed by atoms with E-state index in [-0.39, 0.29) is 0 Å². The lowest BCUT2D eigenvalue weighted by molar-refractivity contribution is 0.0437. The van der Waals surface area contributed by atoms with Crippen LogP contribution in [0.4, 0.5) is 0 Å². The Morgan fingerprint density at radius 3 is 2.81 bits per heavy atom. The van der Waals surface area contributed by atoms with Crippen molar-refractivity contribution >= 4 is 0 Å². The highest BCUT2D eigenvalue weighted by atomic mass is 16.3. The molecular formula is C14H21NO. The number of hydrogen-bond acceptors (Lipinski definition) is 2. The Bertz CT molecular complexity index is 346. The van der Waals surface area contributed by atoms with Gasteiger partial charge >= 0.3 is 0 Å². The molecule has 1 aromatic rings. The van der Waals surface area contributed by atoms with Crippen molar-refractivity contribution < 1.29 is 5.11 Å². The Balaban J connectivity index is 2.03. The minimum atomic E-state index is -0.500. The Morgan fingerprint density at radius 1 is 1.50 bits per heavy atom. The fraction of sp³-hybridized carbons (Fsp3) is 0.643. The molecule has 88 valence electrons. The number of aliphatic hydroxyl groups is 1. The summed E-state index contributed by atoms with van der Waals surface area (Å²) in [7, 11) is 0. The predicted molar refractivity (Wildman–Crippen MR) is 65.3 cm³/mol. The second-order valence-electron chi connectivity index (χ2n) is 5.26. The summed E-state index contributed by atoms with van der Waals surface area (Å²) in [5.74, 6) is 0.653. The highest BCUT2D eigenvalue weighted by Gasteiger charge is 2.35. The van der Waals surface area contributed by atoms with E-state index < -0.39 is 5.60 Å². The average Bonchev–Trinajstić information content (AvgIpc) is 2.59. The van der Waals surface area contributed by atoms with Crippen molar-refractivity contribution in [1.82, 2.24) is 4.98 Å². The molecule has 0 aromatic carbocycles. The minimum Gasteiger partial charge on any atom is -0.389 e. The Kier molecular flexibility index (Phi) is 3.29. The smallest absolute Gasteiger partial charge is 0.0705 e. The van der Waals surface area contributed by atoms with Gasteiger partial charge in [-0.3, -0.25) is 4.98 Å². The molecule has 16 heavy (non-hydrogen) atoms. The van der Waals surface area contributed by atoms with Gasteiger partial charge in [0.2, 0.25) is 0 Å². The van der Waals surface area contributed by atoms with Crippen molar-refractivity contribution in [2.24, 2.45) is 5.92 Å². The normalized spacial score (nSPS) is 29.6. The van der Waals surface area contributed by atoms with E-state index in [1.54, 1.807) is 0 Å². The fourth-order valence-electron chi connectivity index (χ4n) is 2.63. The number of rotatable bonds is 3. The van der Waals surface area contributed by atoms with Crippen molar-refractivity contribution in [3.63, 3.8) is 0 Å². The molecule has 1 fully saturated rings. The summed E-state index contributed by atoms with van der Waals surface area (Å²) in [6, 6.07) is 4.17. The summed E-state index contributed by atoms with van der Waals surface area (Å²) in [4.78, 5) is 4.42. The molecule has 2 heteroatoms. The number of nitrogens with zero attached hydrogens (tertiary/aromatic N) is 1. The molecule has 1 saturated carbocycles. The molecule has 0 bridgehead atoms. The molecule has 0 amide bonds. The van der Waals surface area contributed by atoms with Crippen molar-refractivity contribution in [3.8, 4) is 0 Å². The lowest BCUT2D eigenvalue weighted by atomic mass is 9.94. The van der Waals surface area contributed by atoms with Crippen LogP contribution >= 0.6 is 0 Å². The van der Waals surface area contributed by atoms with Gasteiger partial charge in [-0.05, 0) is 43.2 Å². The van der Waals surface area contributed by atoms with Gasteiger partial charge in [-0.25, -0.2) is 0 Å². The zero-order valence-corrected chi connectivity index (χ0v) is 10.2. The average molecular weight is 219 g/mol. The molecule has 0 aliphatic heterocycles. The van der Waals surface area contributed by atoms with Crippen molar-refractivity contribution in [1.29, 1.82) is 0 Å². The van der Waals surface area contributed by atoms with Gasteiger partial charge in [-0.2, -0.15) is 0 Å². The van der Waals surface area contributed by atoms with E-state index in [1.165, 1.54) is 5.56 Å².